The maximum atomic E-state index is 11.5. The molecule has 14 heavy (non-hydrogen) atoms. The first-order chi connectivity index (χ1) is 6.74. The fourth-order valence-electron chi connectivity index (χ4n) is 1.77. The Kier molecular flexibility index (Phi) is 4.90. The molecule has 1 aliphatic rings. The average molecular weight is 199 g/mol. The Morgan fingerprint density at radius 1 is 1.43 bits per heavy atom. The number of nitrogens with two attached hydrogens (primary N) is 1. The van der Waals surface area contributed by atoms with Crippen molar-refractivity contribution in [2.45, 2.75) is 19.3 Å². The lowest BCUT2D eigenvalue weighted by atomic mass is 10.3. The minimum Gasteiger partial charge on any atom is -0.344 e. The first-order valence-corrected chi connectivity index (χ1v) is 5.40. The smallest absolute Gasteiger partial charge is 0.223 e. The fraction of sp³-hybridized carbons (Fsp3) is 0.900. The van der Waals surface area contributed by atoms with Gasteiger partial charge >= 0.3 is 0 Å². The van der Waals surface area contributed by atoms with Gasteiger partial charge in [-0.15, -0.1) is 0 Å². The highest BCUT2D eigenvalue weighted by atomic mass is 16.2. The van der Waals surface area contributed by atoms with E-state index in [4.69, 9.17) is 5.73 Å². The number of amides is 1. The maximum Gasteiger partial charge on any atom is 0.223 e. The molecule has 0 aromatic carbocycles. The van der Waals surface area contributed by atoms with Gasteiger partial charge in [0.1, 0.15) is 0 Å². The minimum absolute atomic E-state index is 0.211. The van der Waals surface area contributed by atoms with Crippen molar-refractivity contribution in [3.8, 4) is 0 Å². The molecule has 4 nitrogen and oxygen atoms in total. The normalized spacial score (nSPS) is 17.3. The molecule has 0 aliphatic carbocycles. The van der Waals surface area contributed by atoms with E-state index in [0.717, 1.165) is 19.6 Å². The monoisotopic (exact) mass is 199 g/mol. The molecule has 0 unspecified atom stereocenters. The molecule has 0 aromatic rings. The van der Waals surface area contributed by atoms with Crippen LogP contribution in [0, 0.1) is 0 Å². The van der Waals surface area contributed by atoms with Crippen molar-refractivity contribution >= 4 is 5.91 Å². The Bertz CT molecular complexity index is 178. The number of carbonyl (C=O) groups is 1. The third-order valence-corrected chi connectivity index (χ3v) is 2.73. The van der Waals surface area contributed by atoms with Gasteiger partial charge in [-0.25, -0.2) is 0 Å². The summed E-state index contributed by atoms with van der Waals surface area (Å²) in [6, 6.07) is 0. The molecular formula is C10H21N3O. The highest BCUT2D eigenvalue weighted by molar-refractivity contribution is 5.76. The topological polar surface area (TPSA) is 49.6 Å². The highest BCUT2D eigenvalue weighted by Gasteiger charge is 2.14. The molecule has 1 rings (SSSR count). The van der Waals surface area contributed by atoms with E-state index in [1.807, 2.05) is 7.05 Å². The van der Waals surface area contributed by atoms with Gasteiger partial charge in [0.05, 0.1) is 0 Å². The van der Waals surface area contributed by atoms with E-state index in [-0.39, 0.29) is 5.91 Å². The molecule has 2 N–H and O–H groups in total. The van der Waals surface area contributed by atoms with Crippen LogP contribution in [0.2, 0.25) is 0 Å². The van der Waals surface area contributed by atoms with Crippen molar-refractivity contribution in [3.63, 3.8) is 0 Å². The van der Waals surface area contributed by atoms with Crippen LogP contribution in [0.1, 0.15) is 19.3 Å². The number of carbonyl (C=O) groups excluding carboxylic acids is 1. The first-order valence-electron chi connectivity index (χ1n) is 5.40. The minimum atomic E-state index is 0.211. The van der Waals surface area contributed by atoms with Crippen LogP contribution >= 0.6 is 0 Å². The number of hydrogen-bond donors (Lipinski definition) is 1. The molecule has 1 heterocycles. The summed E-state index contributed by atoms with van der Waals surface area (Å²) in [4.78, 5) is 15.6. The molecule has 0 radical (unpaired) electrons. The van der Waals surface area contributed by atoms with E-state index >= 15 is 0 Å². The van der Waals surface area contributed by atoms with Crippen molar-refractivity contribution in [2.75, 3.05) is 39.8 Å². The van der Waals surface area contributed by atoms with Gasteiger partial charge in [0.15, 0.2) is 0 Å². The second-order valence-electron chi connectivity index (χ2n) is 3.90. The molecule has 0 bridgehead atoms. The molecular weight excluding hydrogens is 178 g/mol. The SMILES string of the molecule is CN(CCN)C(=O)CCN1CCCC1. The molecule has 1 fully saturated rings. The maximum absolute atomic E-state index is 11.5. The molecule has 4 heteroatoms. The van der Waals surface area contributed by atoms with Crippen LogP contribution in [0.25, 0.3) is 0 Å². The quantitative estimate of drug-likeness (QED) is 0.672. The zero-order valence-electron chi connectivity index (χ0n) is 9.04. The lowest BCUT2D eigenvalue weighted by molar-refractivity contribution is -0.130. The largest absolute Gasteiger partial charge is 0.344 e. The summed E-state index contributed by atoms with van der Waals surface area (Å²) < 4.78 is 0. The van der Waals surface area contributed by atoms with Crippen molar-refractivity contribution in [3.05, 3.63) is 0 Å². The second-order valence-corrected chi connectivity index (χ2v) is 3.90. The zero-order chi connectivity index (χ0) is 10.4. The molecule has 0 saturated carbocycles. The van der Waals surface area contributed by atoms with Crippen LogP contribution in [0.3, 0.4) is 0 Å². The van der Waals surface area contributed by atoms with Crippen LogP contribution in [-0.2, 0) is 4.79 Å². The van der Waals surface area contributed by atoms with E-state index in [1.54, 1.807) is 4.90 Å². The lowest BCUT2D eigenvalue weighted by Gasteiger charge is -2.18. The van der Waals surface area contributed by atoms with Gasteiger partial charge in [0, 0.05) is 33.1 Å². The zero-order valence-corrected chi connectivity index (χ0v) is 9.04. The Morgan fingerprint density at radius 3 is 2.64 bits per heavy atom. The Balaban J connectivity index is 2.13. The summed E-state index contributed by atoms with van der Waals surface area (Å²) in [7, 11) is 1.82. The summed E-state index contributed by atoms with van der Waals surface area (Å²) in [5.41, 5.74) is 5.38. The number of rotatable bonds is 5. The number of hydrogen-bond acceptors (Lipinski definition) is 3. The van der Waals surface area contributed by atoms with Crippen LogP contribution < -0.4 is 5.73 Å². The average Bonchev–Trinajstić information content (AvgIpc) is 2.67. The van der Waals surface area contributed by atoms with E-state index in [0.29, 0.717) is 19.5 Å². The van der Waals surface area contributed by atoms with Crippen molar-refractivity contribution in [1.29, 1.82) is 0 Å². The standard InChI is InChI=1S/C10H21N3O/c1-12(9-5-11)10(14)4-8-13-6-2-3-7-13/h2-9,11H2,1H3. The molecule has 0 spiro atoms. The third kappa shape index (κ3) is 3.64. The predicted octanol–water partition coefficient (Wildman–Crippen LogP) is -0.111. The van der Waals surface area contributed by atoms with Gasteiger partial charge in [-0.2, -0.15) is 0 Å². The summed E-state index contributed by atoms with van der Waals surface area (Å²) in [5, 5.41) is 0. The highest BCUT2D eigenvalue weighted by Crippen LogP contribution is 2.07. The lowest BCUT2D eigenvalue weighted by Crippen LogP contribution is -2.34. The number of likely N-dealkylation sites (tertiary alicyclic amines) is 1. The summed E-state index contributed by atoms with van der Waals surface area (Å²) in [5.74, 6) is 0.211. The van der Waals surface area contributed by atoms with Crippen molar-refractivity contribution < 1.29 is 4.79 Å². The van der Waals surface area contributed by atoms with Crippen molar-refractivity contribution in [1.82, 2.24) is 9.80 Å². The Morgan fingerprint density at radius 2 is 2.07 bits per heavy atom. The van der Waals surface area contributed by atoms with Gasteiger partial charge in [-0.1, -0.05) is 0 Å². The Labute approximate surface area is 86.0 Å². The van der Waals surface area contributed by atoms with E-state index in [9.17, 15) is 4.79 Å². The van der Waals surface area contributed by atoms with Crippen LogP contribution in [0.15, 0.2) is 0 Å². The Hall–Kier alpha value is -0.610. The fourth-order valence-corrected chi connectivity index (χ4v) is 1.77. The summed E-state index contributed by atoms with van der Waals surface area (Å²) in [6.45, 7) is 4.44. The van der Waals surface area contributed by atoms with E-state index < -0.39 is 0 Å². The third-order valence-electron chi connectivity index (χ3n) is 2.73. The van der Waals surface area contributed by atoms with Gasteiger partial charge in [-0.3, -0.25) is 4.79 Å². The van der Waals surface area contributed by atoms with E-state index in [1.165, 1.54) is 12.8 Å². The predicted molar refractivity (Wildman–Crippen MR) is 57.0 cm³/mol. The first kappa shape index (κ1) is 11.5. The second kappa shape index (κ2) is 5.98. The van der Waals surface area contributed by atoms with Crippen LogP contribution in [-0.4, -0.2) is 55.5 Å². The molecule has 82 valence electrons. The van der Waals surface area contributed by atoms with Gasteiger partial charge in [0.2, 0.25) is 5.91 Å². The molecule has 0 atom stereocenters. The van der Waals surface area contributed by atoms with Gasteiger partial charge in [-0.05, 0) is 25.9 Å². The van der Waals surface area contributed by atoms with Crippen LogP contribution in [0.4, 0.5) is 0 Å². The van der Waals surface area contributed by atoms with Gasteiger partial charge < -0.3 is 15.5 Å². The van der Waals surface area contributed by atoms with Crippen LogP contribution in [0.5, 0.6) is 0 Å². The van der Waals surface area contributed by atoms with Gasteiger partial charge in [0.25, 0.3) is 0 Å². The molecule has 1 amide bonds. The molecule has 1 aliphatic heterocycles. The summed E-state index contributed by atoms with van der Waals surface area (Å²) in [6.07, 6.45) is 3.20. The molecule has 0 aromatic heterocycles. The van der Waals surface area contributed by atoms with Crippen molar-refractivity contribution in [2.24, 2.45) is 5.73 Å². The number of likely N-dealkylation sites (N-methyl/N-ethyl adjacent to an activating group) is 1. The summed E-state index contributed by atoms with van der Waals surface area (Å²) >= 11 is 0. The van der Waals surface area contributed by atoms with E-state index in [2.05, 4.69) is 4.90 Å². The number of nitrogens with zero attached hydrogens (tertiary/aromatic N) is 2. The molecule has 1 saturated heterocycles.